The van der Waals surface area contributed by atoms with Crippen LogP contribution in [0, 0.1) is 0 Å². The number of carbonyl (C=O) groups is 1. The summed E-state index contributed by atoms with van der Waals surface area (Å²) in [6.45, 7) is 2.04. The summed E-state index contributed by atoms with van der Waals surface area (Å²) < 4.78 is 4.43. The highest BCUT2D eigenvalue weighted by Crippen LogP contribution is 1.90. The SMILES string of the molecule is CCCC=CC(=O)OCCl. The summed E-state index contributed by atoms with van der Waals surface area (Å²) in [6.07, 6.45) is 5.10. The number of halogens is 1. The van der Waals surface area contributed by atoms with Gasteiger partial charge in [-0.3, -0.25) is 0 Å². The molecule has 0 aromatic rings. The normalized spacial score (nSPS) is 10.2. The Morgan fingerprint density at radius 2 is 2.40 bits per heavy atom. The predicted molar refractivity (Wildman–Crippen MR) is 40.9 cm³/mol. The number of rotatable bonds is 4. The van der Waals surface area contributed by atoms with Crippen molar-refractivity contribution in [3.63, 3.8) is 0 Å². The molecule has 10 heavy (non-hydrogen) atoms. The standard InChI is InChI=1S/C7H11ClO2/c1-2-3-4-5-7(9)10-6-8/h4-5H,2-3,6H2,1H3. The predicted octanol–water partition coefficient (Wildman–Crippen LogP) is 2.08. The maximum atomic E-state index is 10.5. The molecule has 0 unspecified atom stereocenters. The van der Waals surface area contributed by atoms with Crippen molar-refractivity contribution in [2.75, 3.05) is 6.07 Å². The van der Waals surface area contributed by atoms with E-state index in [2.05, 4.69) is 4.74 Å². The lowest BCUT2D eigenvalue weighted by Gasteiger charge is -1.91. The fraction of sp³-hybridized carbons (Fsp3) is 0.571. The summed E-state index contributed by atoms with van der Waals surface area (Å²) in [6, 6.07) is -0.0741. The van der Waals surface area contributed by atoms with Crippen LogP contribution in [0.25, 0.3) is 0 Å². The van der Waals surface area contributed by atoms with Crippen molar-refractivity contribution in [3.8, 4) is 0 Å². The average molecular weight is 163 g/mol. The second-order valence-electron chi connectivity index (χ2n) is 1.76. The van der Waals surface area contributed by atoms with Crippen LogP contribution in [0.2, 0.25) is 0 Å². The number of unbranched alkanes of at least 4 members (excludes halogenated alkanes) is 1. The lowest BCUT2D eigenvalue weighted by molar-refractivity contribution is -0.135. The first-order valence-corrected chi connectivity index (χ1v) is 3.74. The van der Waals surface area contributed by atoms with Crippen molar-refractivity contribution >= 4 is 17.6 Å². The summed E-state index contributed by atoms with van der Waals surface area (Å²) in [7, 11) is 0. The van der Waals surface area contributed by atoms with Gasteiger partial charge in [-0.25, -0.2) is 4.79 Å². The van der Waals surface area contributed by atoms with Crippen LogP contribution in [-0.2, 0) is 9.53 Å². The molecule has 0 saturated heterocycles. The molecule has 0 aromatic heterocycles. The smallest absolute Gasteiger partial charge is 0.331 e. The van der Waals surface area contributed by atoms with E-state index in [4.69, 9.17) is 11.6 Å². The third-order valence-electron chi connectivity index (χ3n) is 0.906. The maximum absolute atomic E-state index is 10.5. The zero-order chi connectivity index (χ0) is 7.82. The van der Waals surface area contributed by atoms with E-state index in [0.29, 0.717) is 0 Å². The Morgan fingerprint density at radius 1 is 1.70 bits per heavy atom. The van der Waals surface area contributed by atoms with Gasteiger partial charge in [0.05, 0.1) is 0 Å². The van der Waals surface area contributed by atoms with Crippen molar-refractivity contribution in [1.82, 2.24) is 0 Å². The van der Waals surface area contributed by atoms with Gasteiger partial charge in [0, 0.05) is 6.08 Å². The van der Waals surface area contributed by atoms with Gasteiger partial charge >= 0.3 is 5.97 Å². The number of ether oxygens (including phenoxy) is 1. The van der Waals surface area contributed by atoms with Gasteiger partial charge in [0.25, 0.3) is 0 Å². The van der Waals surface area contributed by atoms with Crippen LogP contribution >= 0.6 is 11.6 Å². The van der Waals surface area contributed by atoms with Gasteiger partial charge in [-0.05, 0) is 6.42 Å². The minimum absolute atomic E-state index is 0.0741. The molecular formula is C7H11ClO2. The Morgan fingerprint density at radius 3 is 2.90 bits per heavy atom. The Balaban J connectivity index is 3.36. The lowest BCUT2D eigenvalue weighted by Crippen LogP contribution is -1.97. The Hall–Kier alpha value is -0.500. The van der Waals surface area contributed by atoms with E-state index in [0.717, 1.165) is 12.8 Å². The van der Waals surface area contributed by atoms with E-state index < -0.39 is 0 Å². The molecule has 2 nitrogen and oxygen atoms in total. The van der Waals surface area contributed by atoms with Crippen LogP contribution < -0.4 is 0 Å². The second-order valence-corrected chi connectivity index (χ2v) is 1.98. The van der Waals surface area contributed by atoms with E-state index >= 15 is 0 Å². The fourth-order valence-corrected chi connectivity index (χ4v) is 0.556. The summed E-state index contributed by atoms with van der Waals surface area (Å²) in [5, 5.41) is 0. The highest BCUT2D eigenvalue weighted by atomic mass is 35.5. The number of hydrogen-bond donors (Lipinski definition) is 0. The molecule has 0 radical (unpaired) electrons. The van der Waals surface area contributed by atoms with Crippen molar-refractivity contribution in [2.45, 2.75) is 19.8 Å². The molecule has 0 spiro atoms. The average Bonchev–Trinajstić information content (AvgIpc) is 1.89. The van der Waals surface area contributed by atoms with Crippen LogP contribution in [0.3, 0.4) is 0 Å². The van der Waals surface area contributed by atoms with E-state index in [1.165, 1.54) is 6.08 Å². The molecule has 3 heteroatoms. The maximum Gasteiger partial charge on any atom is 0.331 e. The third-order valence-corrected chi connectivity index (χ3v) is 1.02. The summed E-state index contributed by atoms with van der Waals surface area (Å²) in [4.78, 5) is 10.5. The monoisotopic (exact) mass is 162 g/mol. The Kier molecular flexibility index (Phi) is 6.29. The number of hydrogen-bond acceptors (Lipinski definition) is 2. The summed E-state index contributed by atoms with van der Waals surface area (Å²) >= 11 is 5.13. The molecule has 0 aromatic carbocycles. The first-order chi connectivity index (χ1) is 4.81. The molecule has 0 aliphatic rings. The molecule has 0 atom stereocenters. The van der Waals surface area contributed by atoms with Crippen LogP contribution in [-0.4, -0.2) is 12.0 Å². The second kappa shape index (κ2) is 6.62. The summed E-state index contributed by atoms with van der Waals surface area (Å²) in [5.41, 5.74) is 0. The highest BCUT2D eigenvalue weighted by molar-refractivity contribution is 6.17. The van der Waals surface area contributed by atoms with E-state index in [-0.39, 0.29) is 12.0 Å². The lowest BCUT2D eigenvalue weighted by atomic mass is 10.3. The number of esters is 1. The van der Waals surface area contributed by atoms with E-state index in [1.54, 1.807) is 6.08 Å². The third kappa shape index (κ3) is 5.63. The molecule has 0 amide bonds. The zero-order valence-corrected chi connectivity index (χ0v) is 6.73. The van der Waals surface area contributed by atoms with Crippen molar-refractivity contribution in [3.05, 3.63) is 12.2 Å². The number of carbonyl (C=O) groups excluding carboxylic acids is 1. The summed E-state index contributed by atoms with van der Waals surface area (Å²) in [5.74, 6) is -0.372. The molecule has 0 heterocycles. The van der Waals surface area contributed by atoms with Gasteiger partial charge < -0.3 is 4.74 Å². The molecule has 0 N–H and O–H groups in total. The molecule has 0 fully saturated rings. The van der Waals surface area contributed by atoms with Crippen LogP contribution in [0.5, 0.6) is 0 Å². The minimum atomic E-state index is -0.372. The van der Waals surface area contributed by atoms with Crippen LogP contribution in [0.4, 0.5) is 0 Å². The molecule has 58 valence electrons. The van der Waals surface area contributed by atoms with E-state index in [9.17, 15) is 4.79 Å². The molecule has 0 aliphatic heterocycles. The Bertz CT molecular complexity index is 121. The van der Waals surface area contributed by atoms with Crippen LogP contribution in [0.1, 0.15) is 19.8 Å². The largest absolute Gasteiger partial charge is 0.446 e. The van der Waals surface area contributed by atoms with E-state index in [1.807, 2.05) is 6.92 Å². The minimum Gasteiger partial charge on any atom is -0.446 e. The topological polar surface area (TPSA) is 26.3 Å². The highest BCUT2D eigenvalue weighted by Gasteiger charge is 1.91. The number of allylic oxidation sites excluding steroid dienone is 1. The fourth-order valence-electron chi connectivity index (χ4n) is 0.448. The quantitative estimate of drug-likeness (QED) is 0.360. The van der Waals surface area contributed by atoms with Gasteiger partial charge in [-0.1, -0.05) is 31.0 Å². The first-order valence-electron chi connectivity index (χ1n) is 3.20. The molecule has 0 aliphatic carbocycles. The zero-order valence-electron chi connectivity index (χ0n) is 5.97. The molecular weight excluding hydrogens is 152 g/mol. The number of alkyl halides is 1. The van der Waals surface area contributed by atoms with Crippen molar-refractivity contribution in [2.24, 2.45) is 0 Å². The van der Waals surface area contributed by atoms with Gasteiger partial charge in [-0.15, -0.1) is 0 Å². The molecule has 0 saturated carbocycles. The van der Waals surface area contributed by atoms with Gasteiger partial charge in [-0.2, -0.15) is 0 Å². The van der Waals surface area contributed by atoms with Gasteiger partial charge in [0.15, 0.2) is 6.07 Å². The van der Waals surface area contributed by atoms with Gasteiger partial charge in [0.2, 0.25) is 0 Å². The van der Waals surface area contributed by atoms with Crippen molar-refractivity contribution in [1.29, 1.82) is 0 Å². The molecule has 0 bridgehead atoms. The van der Waals surface area contributed by atoms with Crippen molar-refractivity contribution < 1.29 is 9.53 Å². The van der Waals surface area contributed by atoms with Gasteiger partial charge in [0.1, 0.15) is 0 Å². The first kappa shape index (κ1) is 9.50. The van der Waals surface area contributed by atoms with Crippen LogP contribution in [0.15, 0.2) is 12.2 Å². The molecule has 0 rings (SSSR count). The Labute approximate surface area is 65.8 Å².